The molecule has 4 amide bonds. The molecule has 0 radical (unpaired) electrons. The first-order chi connectivity index (χ1) is 18.5. The van der Waals surface area contributed by atoms with Crippen LogP contribution in [-0.2, 0) is 22.4 Å². The van der Waals surface area contributed by atoms with E-state index < -0.39 is 12.1 Å². The molecule has 2 aliphatic rings. The summed E-state index contributed by atoms with van der Waals surface area (Å²) in [5.41, 5.74) is 2.87. The first-order valence-electron chi connectivity index (χ1n) is 12.7. The predicted octanol–water partition coefficient (Wildman–Crippen LogP) is 4.55. The summed E-state index contributed by atoms with van der Waals surface area (Å²) >= 11 is 7.74. The number of urea groups is 1. The summed E-state index contributed by atoms with van der Waals surface area (Å²) in [4.78, 5) is 45.1. The minimum atomic E-state index is -0.724. The zero-order valence-corrected chi connectivity index (χ0v) is 22.6. The zero-order chi connectivity index (χ0) is 26.6. The van der Waals surface area contributed by atoms with Crippen molar-refractivity contribution < 1.29 is 14.4 Å². The number of hydrogen-bond donors (Lipinski definition) is 2. The van der Waals surface area contributed by atoms with Gasteiger partial charge in [0.25, 0.3) is 5.91 Å². The number of rotatable bonds is 9. The highest BCUT2D eigenvalue weighted by Crippen LogP contribution is 2.37. The van der Waals surface area contributed by atoms with E-state index in [2.05, 4.69) is 10.6 Å². The number of nitrogens with zero attached hydrogens (tertiary/aromatic N) is 2. The molecule has 38 heavy (non-hydrogen) atoms. The highest BCUT2D eigenvalue weighted by atomic mass is 35.5. The van der Waals surface area contributed by atoms with E-state index in [9.17, 15) is 14.4 Å². The van der Waals surface area contributed by atoms with E-state index in [1.54, 1.807) is 33.3 Å². The monoisotopic (exact) mass is 548 g/mol. The number of halogens is 1. The highest BCUT2D eigenvalue weighted by Gasteiger charge is 2.46. The van der Waals surface area contributed by atoms with Crippen LogP contribution < -0.4 is 10.6 Å². The molecule has 9 heteroatoms. The summed E-state index contributed by atoms with van der Waals surface area (Å²) in [7, 11) is 0. The first-order valence-corrected chi connectivity index (χ1v) is 13.9. The number of carbonyl (C=O) groups is 3. The Hall–Kier alpha value is -3.62. The second-order valence-corrected chi connectivity index (χ2v) is 10.8. The topological polar surface area (TPSA) is 81.8 Å². The molecule has 0 bridgehead atoms. The van der Waals surface area contributed by atoms with Gasteiger partial charge in [-0.1, -0.05) is 60.1 Å². The molecule has 0 saturated carbocycles. The van der Waals surface area contributed by atoms with Crippen molar-refractivity contribution in [2.45, 2.75) is 31.8 Å². The van der Waals surface area contributed by atoms with Crippen molar-refractivity contribution in [1.29, 1.82) is 0 Å². The lowest BCUT2D eigenvalue weighted by atomic mass is 9.95. The molecular weight excluding hydrogens is 520 g/mol. The van der Waals surface area contributed by atoms with E-state index in [1.807, 2.05) is 66.9 Å². The third-order valence-electron chi connectivity index (χ3n) is 6.97. The van der Waals surface area contributed by atoms with Crippen molar-refractivity contribution >= 4 is 40.8 Å². The molecule has 0 aliphatic carbocycles. The van der Waals surface area contributed by atoms with Crippen molar-refractivity contribution in [2.75, 3.05) is 19.6 Å². The van der Waals surface area contributed by atoms with E-state index in [1.165, 1.54) is 4.88 Å². The normalized spacial score (nSPS) is 17.9. The van der Waals surface area contributed by atoms with Gasteiger partial charge in [0.1, 0.15) is 6.04 Å². The Morgan fingerprint density at radius 3 is 2.55 bits per heavy atom. The molecule has 2 atom stereocenters. The van der Waals surface area contributed by atoms with Gasteiger partial charge in [-0.3, -0.25) is 14.5 Å². The molecule has 2 N–H and O–H groups in total. The van der Waals surface area contributed by atoms with Crippen molar-refractivity contribution in [3.63, 3.8) is 0 Å². The molecule has 0 saturated heterocycles. The Labute approximate surface area is 231 Å². The van der Waals surface area contributed by atoms with Gasteiger partial charge in [-0.15, -0.1) is 11.3 Å². The van der Waals surface area contributed by atoms with Crippen molar-refractivity contribution in [2.24, 2.45) is 0 Å². The number of thiophene rings is 1. The van der Waals surface area contributed by atoms with Gasteiger partial charge < -0.3 is 15.5 Å². The Kier molecular flexibility index (Phi) is 7.81. The fraction of sp³-hybridized carbons (Fsp3) is 0.276. The van der Waals surface area contributed by atoms with Crippen LogP contribution in [-0.4, -0.2) is 53.3 Å². The van der Waals surface area contributed by atoms with Crippen LogP contribution >= 0.6 is 22.9 Å². The summed E-state index contributed by atoms with van der Waals surface area (Å²) in [6, 6.07) is 19.2. The van der Waals surface area contributed by atoms with Gasteiger partial charge in [-0.25, -0.2) is 4.79 Å². The van der Waals surface area contributed by atoms with E-state index in [0.717, 1.165) is 17.5 Å². The first kappa shape index (κ1) is 26.0. The number of amides is 4. The fourth-order valence-electron chi connectivity index (χ4n) is 5.07. The Balaban J connectivity index is 1.44. The standard InChI is InChI=1S/C29H29ClN4O3S/c1-2-33-24-18-34(28(36)25(24)26(32-29(33)37)20-10-12-21(30)13-11-20)23(17-19-7-4-3-5-8-19)27(35)31-15-14-22-9-6-16-38-22/h3-13,16,23,26H,2,14-15,17-18H2,1H3,(H,31,35)(H,32,37). The van der Waals surface area contributed by atoms with Crippen LogP contribution in [0.25, 0.3) is 0 Å². The molecule has 7 nitrogen and oxygen atoms in total. The lowest BCUT2D eigenvalue weighted by Gasteiger charge is -2.32. The van der Waals surface area contributed by atoms with Gasteiger partial charge in [0, 0.05) is 29.4 Å². The molecule has 0 fully saturated rings. The number of benzene rings is 2. The molecule has 196 valence electrons. The molecule has 5 rings (SSSR count). The van der Waals surface area contributed by atoms with Crippen molar-refractivity contribution in [1.82, 2.24) is 20.4 Å². The maximum atomic E-state index is 14.0. The van der Waals surface area contributed by atoms with Gasteiger partial charge in [-0.2, -0.15) is 0 Å². The molecule has 2 unspecified atom stereocenters. The molecule has 2 aliphatic heterocycles. The number of hydrogen-bond acceptors (Lipinski definition) is 4. The van der Waals surface area contributed by atoms with Gasteiger partial charge in [0.2, 0.25) is 5.91 Å². The number of carbonyl (C=O) groups excluding carboxylic acids is 3. The van der Waals surface area contributed by atoms with Gasteiger partial charge in [-0.05, 0) is 48.1 Å². The average Bonchev–Trinajstić information content (AvgIpc) is 3.56. The zero-order valence-electron chi connectivity index (χ0n) is 21.0. The summed E-state index contributed by atoms with van der Waals surface area (Å²) in [5, 5.41) is 8.62. The Morgan fingerprint density at radius 2 is 1.87 bits per heavy atom. The molecule has 1 aromatic heterocycles. The van der Waals surface area contributed by atoms with Gasteiger partial charge in [0.15, 0.2) is 0 Å². The number of nitrogens with one attached hydrogen (secondary N) is 2. The van der Waals surface area contributed by atoms with E-state index in [4.69, 9.17) is 11.6 Å². The van der Waals surface area contributed by atoms with Crippen LogP contribution in [0, 0.1) is 0 Å². The Bertz CT molecular complexity index is 1340. The second kappa shape index (κ2) is 11.4. The summed E-state index contributed by atoms with van der Waals surface area (Å²) in [6.45, 7) is 2.96. The summed E-state index contributed by atoms with van der Waals surface area (Å²) in [5.74, 6) is -0.447. The minimum Gasteiger partial charge on any atom is -0.354 e. The van der Waals surface area contributed by atoms with Crippen LogP contribution in [0.15, 0.2) is 83.4 Å². The fourth-order valence-corrected chi connectivity index (χ4v) is 5.90. The maximum Gasteiger partial charge on any atom is 0.322 e. The quantitative estimate of drug-likeness (QED) is 0.411. The van der Waals surface area contributed by atoms with Crippen LogP contribution in [0.5, 0.6) is 0 Å². The largest absolute Gasteiger partial charge is 0.354 e. The van der Waals surface area contributed by atoms with Crippen LogP contribution in [0.4, 0.5) is 4.79 Å². The van der Waals surface area contributed by atoms with Crippen LogP contribution in [0.2, 0.25) is 5.02 Å². The third-order valence-corrected chi connectivity index (χ3v) is 8.16. The maximum absolute atomic E-state index is 14.0. The lowest BCUT2D eigenvalue weighted by Crippen LogP contribution is -2.50. The predicted molar refractivity (Wildman–Crippen MR) is 149 cm³/mol. The second-order valence-electron chi connectivity index (χ2n) is 9.30. The van der Waals surface area contributed by atoms with Gasteiger partial charge >= 0.3 is 6.03 Å². The minimum absolute atomic E-state index is 0.190. The lowest BCUT2D eigenvalue weighted by molar-refractivity contribution is -0.136. The van der Waals surface area contributed by atoms with E-state index in [0.29, 0.717) is 35.8 Å². The Morgan fingerprint density at radius 1 is 1.11 bits per heavy atom. The molecule has 3 aromatic rings. The van der Waals surface area contributed by atoms with Crippen molar-refractivity contribution in [3.8, 4) is 0 Å². The third kappa shape index (κ3) is 5.33. The van der Waals surface area contributed by atoms with Crippen LogP contribution in [0.3, 0.4) is 0 Å². The molecular formula is C29H29ClN4O3S. The highest BCUT2D eigenvalue weighted by molar-refractivity contribution is 7.09. The molecule has 2 aromatic carbocycles. The molecule has 0 spiro atoms. The summed E-state index contributed by atoms with van der Waals surface area (Å²) in [6.07, 6.45) is 1.10. The van der Waals surface area contributed by atoms with Crippen LogP contribution in [0.1, 0.15) is 29.0 Å². The van der Waals surface area contributed by atoms with E-state index >= 15 is 0 Å². The SMILES string of the molecule is CCN1C(=O)NC(c2ccc(Cl)cc2)C2=C1CN(C(Cc1ccccc1)C(=O)NCCc1cccs1)C2=O. The molecule has 3 heterocycles. The van der Waals surface area contributed by atoms with E-state index in [-0.39, 0.29) is 24.4 Å². The van der Waals surface area contributed by atoms with Gasteiger partial charge in [0.05, 0.1) is 23.9 Å². The smallest absolute Gasteiger partial charge is 0.322 e. The van der Waals surface area contributed by atoms with Crippen molar-refractivity contribution in [3.05, 3.63) is 104 Å². The summed E-state index contributed by atoms with van der Waals surface area (Å²) < 4.78 is 0. The average molecular weight is 549 g/mol. The number of likely N-dealkylation sites (N-methyl/N-ethyl adjacent to an activating group) is 1.